The number of hydrogen-bond acceptors (Lipinski definition) is 5. The predicted molar refractivity (Wildman–Crippen MR) is 103 cm³/mol. The number of nitrogens with one attached hydrogen (secondary N) is 1. The highest BCUT2D eigenvalue weighted by molar-refractivity contribution is 6.09. The molecule has 0 fully saturated rings. The van der Waals surface area contributed by atoms with Crippen molar-refractivity contribution < 1.29 is 14.3 Å². The van der Waals surface area contributed by atoms with E-state index in [0.29, 0.717) is 22.7 Å². The molecule has 1 heterocycles. The molecule has 1 atom stereocenters. The lowest BCUT2D eigenvalue weighted by atomic mass is 10.0. The third kappa shape index (κ3) is 3.38. The summed E-state index contributed by atoms with van der Waals surface area (Å²) in [6.07, 6.45) is 9.40. The Balaban J connectivity index is 2.10. The van der Waals surface area contributed by atoms with Gasteiger partial charge in [0.15, 0.2) is 0 Å². The number of nitrogens with zero attached hydrogens (tertiary/aromatic N) is 3. The zero-order chi connectivity index (χ0) is 20.4. The van der Waals surface area contributed by atoms with Crippen molar-refractivity contribution in [1.29, 1.82) is 10.7 Å². The molecule has 2 aliphatic rings. The number of carbonyl (C=O) groups is 1. The Bertz CT molecular complexity index is 1010. The van der Waals surface area contributed by atoms with Gasteiger partial charge in [-0.2, -0.15) is 5.26 Å². The van der Waals surface area contributed by atoms with Gasteiger partial charge in [-0.15, -0.1) is 0 Å². The van der Waals surface area contributed by atoms with E-state index in [4.69, 9.17) is 10.7 Å². The quantitative estimate of drug-likeness (QED) is 0.837. The van der Waals surface area contributed by atoms with E-state index >= 15 is 0 Å². The Morgan fingerprint density at radius 1 is 1.43 bits per heavy atom. The van der Waals surface area contributed by atoms with Crippen LogP contribution in [0.4, 0.5) is 4.39 Å². The summed E-state index contributed by atoms with van der Waals surface area (Å²) in [5, 5.41) is 29.8. The summed E-state index contributed by atoms with van der Waals surface area (Å²) in [5.41, 5.74) is 2.66. The standard InChI is InChI=1S/C21H19FN4O2/c1-3-4-13-9-16(7-8-18(13)24)26-19(11-20(21(27)28)25(26)2)14-5-6-15(12-23)17(22)10-14/h4-11,20,24H,3H2,1-2H3,(H,27,28)/b13-4-,24-18?. The fourth-order valence-electron chi connectivity index (χ4n) is 3.23. The smallest absolute Gasteiger partial charge is 0.326 e. The van der Waals surface area contributed by atoms with Crippen LogP contribution in [0, 0.1) is 22.6 Å². The molecule has 3 rings (SSSR count). The van der Waals surface area contributed by atoms with E-state index in [1.54, 1.807) is 53.5 Å². The lowest BCUT2D eigenvalue weighted by molar-refractivity contribution is -0.143. The van der Waals surface area contributed by atoms with Crippen molar-refractivity contribution in [2.75, 3.05) is 7.05 Å². The Kier molecular flexibility index (Phi) is 5.25. The second-order valence-corrected chi connectivity index (χ2v) is 6.41. The predicted octanol–water partition coefficient (Wildman–Crippen LogP) is 3.46. The largest absolute Gasteiger partial charge is 0.480 e. The van der Waals surface area contributed by atoms with Crippen LogP contribution in [0.3, 0.4) is 0 Å². The normalized spacial score (nSPS) is 20.9. The molecule has 1 aromatic rings. The highest BCUT2D eigenvalue weighted by atomic mass is 19.1. The fourth-order valence-corrected chi connectivity index (χ4v) is 3.23. The second-order valence-electron chi connectivity index (χ2n) is 6.41. The molecule has 6 nitrogen and oxygen atoms in total. The van der Waals surface area contributed by atoms with Gasteiger partial charge in [0.05, 0.1) is 22.7 Å². The van der Waals surface area contributed by atoms with E-state index in [1.807, 2.05) is 13.0 Å². The second kappa shape index (κ2) is 7.62. The fraction of sp³-hybridized carbons (Fsp3) is 0.190. The molecule has 7 heteroatoms. The van der Waals surface area contributed by atoms with Crippen molar-refractivity contribution in [1.82, 2.24) is 10.0 Å². The molecule has 0 saturated carbocycles. The van der Waals surface area contributed by atoms with Crippen molar-refractivity contribution in [3.8, 4) is 6.07 Å². The van der Waals surface area contributed by atoms with E-state index in [9.17, 15) is 14.3 Å². The molecule has 1 aliphatic carbocycles. The van der Waals surface area contributed by atoms with Crippen LogP contribution in [0.25, 0.3) is 5.70 Å². The first-order valence-electron chi connectivity index (χ1n) is 8.73. The van der Waals surface area contributed by atoms with Gasteiger partial charge in [0.2, 0.25) is 0 Å². The van der Waals surface area contributed by atoms with Crippen molar-refractivity contribution in [3.63, 3.8) is 0 Å². The van der Waals surface area contributed by atoms with Crippen LogP contribution in [0.2, 0.25) is 0 Å². The monoisotopic (exact) mass is 378 g/mol. The van der Waals surface area contributed by atoms with Gasteiger partial charge in [-0.1, -0.05) is 19.1 Å². The minimum absolute atomic E-state index is 0.0737. The number of likely N-dealkylation sites (N-methyl/N-ethyl adjacent to an activating group) is 1. The molecule has 1 aliphatic heterocycles. The van der Waals surface area contributed by atoms with Gasteiger partial charge >= 0.3 is 5.97 Å². The molecular weight excluding hydrogens is 359 g/mol. The van der Waals surface area contributed by atoms with Gasteiger partial charge in [0, 0.05) is 12.6 Å². The molecule has 1 aromatic carbocycles. The van der Waals surface area contributed by atoms with E-state index in [1.165, 1.54) is 12.1 Å². The summed E-state index contributed by atoms with van der Waals surface area (Å²) < 4.78 is 14.2. The number of aliphatic carboxylic acids is 1. The van der Waals surface area contributed by atoms with Gasteiger partial charge in [0.1, 0.15) is 17.9 Å². The van der Waals surface area contributed by atoms with Crippen LogP contribution >= 0.6 is 0 Å². The highest BCUT2D eigenvalue weighted by Gasteiger charge is 2.36. The number of nitriles is 1. The lowest BCUT2D eigenvalue weighted by Crippen LogP contribution is -2.42. The minimum Gasteiger partial charge on any atom is -0.480 e. The molecule has 142 valence electrons. The Hall–Kier alpha value is -3.50. The summed E-state index contributed by atoms with van der Waals surface area (Å²) >= 11 is 0. The molecule has 0 bridgehead atoms. The average molecular weight is 378 g/mol. The Labute approximate surface area is 162 Å². The molecule has 0 aromatic heterocycles. The molecule has 0 radical (unpaired) electrons. The van der Waals surface area contributed by atoms with Crippen molar-refractivity contribution in [2.24, 2.45) is 0 Å². The minimum atomic E-state index is -1.03. The van der Waals surface area contributed by atoms with Crippen molar-refractivity contribution >= 4 is 17.4 Å². The molecular formula is C21H19FN4O2. The molecule has 0 saturated heterocycles. The summed E-state index contributed by atoms with van der Waals surface area (Å²) in [6.45, 7) is 1.97. The highest BCUT2D eigenvalue weighted by Crippen LogP contribution is 2.35. The molecule has 0 amide bonds. The summed E-state index contributed by atoms with van der Waals surface area (Å²) in [4.78, 5) is 11.7. The van der Waals surface area contributed by atoms with Crippen molar-refractivity contribution in [2.45, 2.75) is 19.4 Å². The van der Waals surface area contributed by atoms with Crippen LogP contribution in [-0.4, -0.2) is 39.9 Å². The topological polar surface area (TPSA) is 91.4 Å². The summed E-state index contributed by atoms with van der Waals surface area (Å²) in [6, 6.07) is 5.05. The number of carboxylic acids is 1. The lowest BCUT2D eigenvalue weighted by Gasteiger charge is -2.33. The summed E-state index contributed by atoms with van der Waals surface area (Å²) in [5.74, 6) is -1.70. The number of allylic oxidation sites excluding steroid dienone is 5. The Morgan fingerprint density at radius 3 is 2.79 bits per heavy atom. The maximum absolute atomic E-state index is 14.2. The van der Waals surface area contributed by atoms with E-state index in [2.05, 4.69) is 0 Å². The number of benzene rings is 1. The first kappa shape index (κ1) is 19.3. The Morgan fingerprint density at radius 2 is 2.18 bits per heavy atom. The van der Waals surface area contributed by atoms with Gasteiger partial charge < -0.3 is 10.5 Å². The van der Waals surface area contributed by atoms with E-state index in [-0.39, 0.29) is 5.56 Å². The van der Waals surface area contributed by atoms with Gasteiger partial charge in [-0.3, -0.25) is 9.80 Å². The van der Waals surface area contributed by atoms with Gasteiger partial charge in [-0.25, -0.2) is 9.40 Å². The average Bonchev–Trinajstić information content (AvgIpc) is 3.01. The van der Waals surface area contributed by atoms with Gasteiger partial charge in [0.25, 0.3) is 0 Å². The maximum atomic E-state index is 14.2. The number of rotatable bonds is 4. The molecule has 28 heavy (non-hydrogen) atoms. The third-order valence-corrected chi connectivity index (χ3v) is 4.60. The van der Waals surface area contributed by atoms with Crippen LogP contribution in [0.15, 0.2) is 59.8 Å². The first-order chi connectivity index (χ1) is 13.4. The molecule has 2 N–H and O–H groups in total. The van der Waals surface area contributed by atoms with Gasteiger partial charge in [-0.05, 0) is 48.4 Å². The van der Waals surface area contributed by atoms with Crippen molar-refractivity contribution in [3.05, 3.63) is 76.8 Å². The van der Waals surface area contributed by atoms with Crippen LogP contribution < -0.4 is 0 Å². The number of hydrogen-bond donors (Lipinski definition) is 2. The third-order valence-electron chi connectivity index (χ3n) is 4.60. The SMILES string of the molecule is CC/C=C1/C=C(N2C(c3ccc(C#N)c(F)c3)=CC(C(=O)O)N2C)C=CC1=N. The van der Waals surface area contributed by atoms with E-state index < -0.39 is 17.8 Å². The zero-order valence-corrected chi connectivity index (χ0v) is 15.5. The van der Waals surface area contributed by atoms with Crippen LogP contribution in [0.5, 0.6) is 0 Å². The molecule has 0 spiro atoms. The first-order valence-corrected chi connectivity index (χ1v) is 8.73. The number of halogens is 1. The van der Waals surface area contributed by atoms with Crippen LogP contribution in [0.1, 0.15) is 24.5 Å². The van der Waals surface area contributed by atoms with Crippen LogP contribution in [-0.2, 0) is 4.79 Å². The number of carboxylic acid groups (broad SMARTS) is 1. The van der Waals surface area contributed by atoms with E-state index in [0.717, 1.165) is 12.0 Å². The number of hydrazine groups is 1. The summed E-state index contributed by atoms with van der Waals surface area (Å²) in [7, 11) is 1.64. The maximum Gasteiger partial charge on any atom is 0.326 e. The molecule has 1 unspecified atom stereocenters. The zero-order valence-electron chi connectivity index (χ0n) is 15.5.